The maximum Gasteiger partial charge on any atom is 0.270 e. The van der Waals surface area contributed by atoms with Gasteiger partial charge in [-0.05, 0) is 32.0 Å². The Kier molecular flexibility index (Phi) is 7.90. The standard InChI is InChI=1S/C18H28N4O5S/c1-3-20(4-2)13-11-19-18(23)17-10-5-6-12-21(17)28(26,27)16-9-7-8-15(14-16)22(24)25/h7-9,14,17H,3-6,10-13H2,1-2H3,(H,19,23)/t17-/m0/s1. The topological polar surface area (TPSA) is 113 Å². The second-order valence-corrected chi connectivity index (χ2v) is 8.59. The number of hydrogen-bond acceptors (Lipinski definition) is 6. The van der Waals surface area contributed by atoms with Crippen molar-refractivity contribution in [2.75, 3.05) is 32.7 Å². The van der Waals surface area contributed by atoms with Crippen LogP contribution in [0.2, 0.25) is 0 Å². The number of likely N-dealkylation sites (N-methyl/N-ethyl adjacent to an activating group) is 1. The molecule has 1 aliphatic rings. The molecule has 1 atom stereocenters. The minimum atomic E-state index is -4.01. The minimum Gasteiger partial charge on any atom is -0.353 e. The number of nitrogens with zero attached hydrogens (tertiary/aromatic N) is 3. The second-order valence-electron chi connectivity index (χ2n) is 6.70. The molecule has 1 aromatic rings. The molecule has 1 aliphatic heterocycles. The number of non-ortho nitro benzene ring substituents is 1. The van der Waals surface area contributed by atoms with Crippen LogP contribution in [0.1, 0.15) is 33.1 Å². The van der Waals surface area contributed by atoms with Gasteiger partial charge in [-0.2, -0.15) is 4.31 Å². The highest BCUT2D eigenvalue weighted by Crippen LogP contribution is 2.27. The normalized spacial score (nSPS) is 18.2. The van der Waals surface area contributed by atoms with Gasteiger partial charge in [0.25, 0.3) is 5.69 Å². The van der Waals surface area contributed by atoms with Crippen LogP contribution in [0.3, 0.4) is 0 Å². The van der Waals surface area contributed by atoms with Crippen LogP contribution in [-0.4, -0.2) is 67.2 Å². The third-order valence-corrected chi connectivity index (χ3v) is 6.92. The molecule has 0 aliphatic carbocycles. The Labute approximate surface area is 165 Å². The van der Waals surface area contributed by atoms with E-state index in [9.17, 15) is 23.3 Å². The summed E-state index contributed by atoms with van der Waals surface area (Å²) in [6, 6.07) is 4.15. The summed E-state index contributed by atoms with van der Waals surface area (Å²) in [5, 5.41) is 13.8. The summed E-state index contributed by atoms with van der Waals surface area (Å²) in [4.78, 5) is 25.0. The van der Waals surface area contributed by atoms with Crippen LogP contribution in [0.15, 0.2) is 29.2 Å². The van der Waals surface area contributed by atoms with Crippen molar-refractivity contribution in [3.05, 3.63) is 34.4 Å². The van der Waals surface area contributed by atoms with Crippen LogP contribution >= 0.6 is 0 Å². The molecule has 0 unspecified atom stereocenters. The molecule has 1 saturated heterocycles. The van der Waals surface area contributed by atoms with Gasteiger partial charge >= 0.3 is 0 Å². The number of benzene rings is 1. The van der Waals surface area contributed by atoms with Crippen LogP contribution in [0.5, 0.6) is 0 Å². The van der Waals surface area contributed by atoms with Crippen molar-refractivity contribution in [2.24, 2.45) is 0 Å². The number of amides is 1. The lowest BCUT2D eigenvalue weighted by Gasteiger charge is -2.33. The molecule has 1 N–H and O–H groups in total. The Morgan fingerprint density at radius 3 is 2.68 bits per heavy atom. The van der Waals surface area contributed by atoms with Crippen LogP contribution in [0.25, 0.3) is 0 Å². The number of sulfonamides is 1. The molecule has 28 heavy (non-hydrogen) atoms. The summed E-state index contributed by atoms with van der Waals surface area (Å²) in [6.45, 7) is 7.20. The van der Waals surface area contributed by atoms with Crippen molar-refractivity contribution < 1.29 is 18.1 Å². The van der Waals surface area contributed by atoms with E-state index in [1.54, 1.807) is 0 Å². The molecular formula is C18H28N4O5S. The largest absolute Gasteiger partial charge is 0.353 e. The van der Waals surface area contributed by atoms with E-state index in [1.165, 1.54) is 22.5 Å². The molecule has 0 radical (unpaired) electrons. The Bertz CT molecular complexity index is 795. The van der Waals surface area contributed by atoms with E-state index in [-0.39, 0.29) is 23.0 Å². The third-order valence-electron chi connectivity index (χ3n) is 5.01. The zero-order valence-electron chi connectivity index (χ0n) is 16.3. The van der Waals surface area contributed by atoms with Gasteiger partial charge in [0, 0.05) is 31.8 Å². The van der Waals surface area contributed by atoms with Gasteiger partial charge in [0.1, 0.15) is 6.04 Å². The van der Waals surface area contributed by atoms with Gasteiger partial charge < -0.3 is 10.2 Å². The second kappa shape index (κ2) is 9.94. The molecule has 1 fully saturated rings. The Balaban J connectivity index is 2.16. The summed E-state index contributed by atoms with van der Waals surface area (Å²) in [5.41, 5.74) is -0.293. The summed E-state index contributed by atoms with van der Waals surface area (Å²) >= 11 is 0. The van der Waals surface area contributed by atoms with Crippen molar-refractivity contribution in [3.63, 3.8) is 0 Å². The first kappa shape index (κ1) is 22.3. The van der Waals surface area contributed by atoms with Crippen LogP contribution < -0.4 is 5.32 Å². The van der Waals surface area contributed by atoms with E-state index in [0.717, 1.165) is 25.6 Å². The van der Waals surface area contributed by atoms with Crippen molar-refractivity contribution in [3.8, 4) is 0 Å². The predicted molar refractivity (Wildman–Crippen MR) is 105 cm³/mol. The predicted octanol–water partition coefficient (Wildman–Crippen LogP) is 1.60. The van der Waals surface area contributed by atoms with Gasteiger partial charge in [-0.1, -0.05) is 26.3 Å². The molecule has 2 rings (SSSR count). The fourth-order valence-electron chi connectivity index (χ4n) is 3.34. The van der Waals surface area contributed by atoms with Crippen LogP contribution in [-0.2, 0) is 14.8 Å². The third kappa shape index (κ3) is 5.27. The summed E-state index contributed by atoms with van der Waals surface area (Å²) in [5.74, 6) is -0.319. The number of nitro benzene ring substituents is 1. The maximum absolute atomic E-state index is 13.1. The fourth-order valence-corrected chi connectivity index (χ4v) is 5.04. The SMILES string of the molecule is CCN(CC)CCNC(=O)[C@@H]1CCCCN1S(=O)(=O)c1cccc([N+](=O)[O-])c1. The molecule has 0 aromatic heterocycles. The first-order valence-electron chi connectivity index (χ1n) is 9.57. The highest BCUT2D eigenvalue weighted by molar-refractivity contribution is 7.89. The van der Waals surface area contributed by atoms with Crippen LogP contribution in [0, 0.1) is 10.1 Å². The quantitative estimate of drug-likeness (QED) is 0.487. The lowest BCUT2D eigenvalue weighted by atomic mass is 10.0. The molecule has 1 aromatic carbocycles. The number of nitrogens with one attached hydrogen (secondary N) is 1. The first-order chi connectivity index (χ1) is 13.3. The van der Waals surface area contributed by atoms with E-state index in [1.807, 2.05) is 13.8 Å². The van der Waals surface area contributed by atoms with Crippen molar-refractivity contribution in [1.82, 2.24) is 14.5 Å². The molecule has 0 bridgehead atoms. The monoisotopic (exact) mass is 412 g/mol. The lowest BCUT2D eigenvalue weighted by molar-refractivity contribution is -0.385. The van der Waals surface area contributed by atoms with Crippen molar-refractivity contribution >= 4 is 21.6 Å². The number of carbonyl (C=O) groups excluding carboxylic acids is 1. The van der Waals surface area contributed by atoms with E-state index in [4.69, 9.17) is 0 Å². The summed E-state index contributed by atoms with van der Waals surface area (Å²) in [6.07, 6.45) is 1.84. The number of hydrogen-bond donors (Lipinski definition) is 1. The average Bonchev–Trinajstić information content (AvgIpc) is 2.71. The Morgan fingerprint density at radius 1 is 1.32 bits per heavy atom. The van der Waals surface area contributed by atoms with E-state index >= 15 is 0 Å². The number of nitro groups is 1. The summed E-state index contributed by atoms with van der Waals surface area (Å²) < 4.78 is 27.3. The van der Waals surface area contributed by atoms with Crippen molar-refractivity contribution in [1.29, 1.82) is 0 Å². The first-order valence-corrected chi connectivity index (χ1v) is 11.0. The highest BCUT2D eigenvalue weighted by Gasteiger charge is 2.37. The molecule has 0 spiro atoms. The Hall–Kier alpha value is -2.04. The zero-order chi connectivity index (χ0) is 20.7. The fraction of sp³-hybridized carbons (Fsp3) is 0.611. The summed E-state index contributed by atoms with van der Waals surface area (Å²) in [7, 11) is -4.01. The lowest BCUT2D eigenvalue weighted by Crippen LogP contribution is -2.52. The molecule has 156 valence electrons. The molecule has 10 heteroatoms. The van der Waals surface area contributed by atoms with Crippen LogP contribution in [0.4, 0.5) is 5.69 Å². The molecular weight excluding hydrogens is 384 g/mol. The van der Waals surface area contributed by atoms with E-state index in [2.05, 4.69) is 10.2 Å². The molecule has 1 heterocycles. The van der Waals surface area contributed by atoms with Gasteiger partial charge in [-0.15, -0.1) is 0 Å². The number of rotatable bonds is 9. The van der Waals surface area contributed by atoms with Gasteiger partial charge in [-0.25, -0.2) is 8.42 Å². The highest BCUT2D eigenvalue weighted by atomic mass is 32.2. The molecule has 0 saturated carbocycles. The average molecular weight is 413 g/mol. The maximum atomic E-state index is 13.1. The number of piperidine rings is 1. The van der Waals surface area contributed by atoms with E-state index in [0.29, 0.717) is 25.9 Å². The van der Waals surface area contributed by atoms with E-state index < -0.39 is 21.0 Å². The van der Waals surface area contributed by atoms with Gasteiger partial charge in [0.15, 0.2) is 0 Å². The molecule has 9 nitrogen and oxygen atoms in total. The van der Waals surface area contributed by atoms with Gasteiger partial charge in [0.05, 0.1) is 9.82 Å². The molecule has 1 amide bonds. The Morgan fingerprint density at radius 2 is 2.04 bits per heavy atom. The minimum absolute atomic E-state index is 0.162. The zero-order valence-corrected chi connectivity index (χ0v) is 17.2. The smallest absolute Gasteiger partial charge is 0.270 e. The number of carbonyl (C=O) groups is 1. The van der Waals surface area contributed by atoms with Crippen molar-refractivity contribution in [2.45, 2.75) is 44.0 Å². The van der Waals surface area contributed by atoms with Gasteiger partial charge in [-0.3, -0.25) is 14.9 Å². The van der Waals surface area contributed by atoms with Gasteiger partial charge in [0.2, 0.25) is 15.9 Å².